The predicted molar refractivity (Wildman–Crippen MR) is 72.8 cm³/mol. The average Bonchev–Trinajstić information content (AvgIpc) is 2.35. The second kappa shape index (κ2) is 6.06. The molecule has 1 amide bonds. The van der Waals surface area contributed by atoms with Crippen molar-refractivity contribution in [3.8, 4) is 5.75 Å². The lowest BCUT2D eigenvalue weighted by atomic mass is 9.76. The Bertz CT molecular complexity index is 441. The Labute approximate surface area is 113 Å². The molecule has 4 nitrogen and oxygen atoms in total. The standard InChI is InChI=1S/C15H21NO3/c1-2-13(11-7-12(17)8-11)16-15(19)9-10-5-3-4-6-14(10)18/h3-6,11-13,17-18H,2,7-9H2,1H3,(H,16,19)/t11?,12?,13-/m0/s1. The topological polar surface area (TPSA) is 69.6 Å². The fourth-order valence-electron chi connectivity index (χ4n) is 2.60. The van der Waals surface area contributed by atoms with Gasteiger partial charge in [-0.3, -0.25) is 4.79 Å². The molecule has 3 N–H and O–H groups in total. The van der Waals surface area contributed by atoms with Gasteiger partial charge < -0.3 is 15.5 Å². The van der Waals surface area contributed by atoms with E-state index in [9.17, 15) is 15.0 Å². The maximum Gasteiger partial charge on any atom is 0.224 e. The van der Waals surface area contributed by atoms with Crippen molar-refractivity contribution in [2.24, 2.45) is 5.92 Å². The number of amides is 1. The molecule has 1 aromatic carbocycles. The molecule has 1 atom stereocenters. The van der Waals surface area contributed by atoms with Crippen LogP contribution in [0.3, 0.4) is 0 Å². The minimum Gasteiger partial charge on any atom is -0.508 e. The third-order valence-corrected chi connectivity index (χ3v) is 3.85. The number of benzene rings is 1. The summed E-state index contributed by atoms with van der Waals surface area (Å²) in [4.78, 5) is 12.0. The minimum absolute atomic E-state index is 0.0743. The molecule has 1 aliphatic carbocycles. The molecule has 4 heteroatoms. The minimum atomic E-state index is -0.200. The summed E-state index contributed by atoms with van der Waals surface area (Å²) in [5, 5.41) is 22.0. The summed E-state index contributed by atoms with van der Waals surface area (Å²) in [6.45, 7) is 2.04. The fourth-order valence-corrected chi connectivity index (χ4v) is 2.60. The zero-order valence-corrected chi connectivity index (χ0v) is 11.2. The first kappa shape index (κ1) is 13.9. The van der Waals surface area contributed by atoms with Crippen LogP contribution in [0.15, 0.2) is 24.3 Å². The summed E-state index contributed by atoms with van der Waals surface area (Å²) in [7, 11) is 0. The molecule has 1 aromatic rings. The van der Waals surface area contributed by atoms with Crippen molar-refractivity contribution in [3.63, 3.8) is 0 Å². The molecule has 0 unspecified atom stereocenters. The summed E-state index contributed by atoms with van der Waals surface area (Å²) in [5.74, 6) is 0.466. The molecule has 0 heterocycles. The first-order valence-corrected chi connectivity index (χ1v) is 6.84. The van der Waals surface area contributed by atoms with Crippen LogP contribution in [0.1, 0.15) is 31.7 Å². The first-order valence-electron chi connectivity index (χ1n) is 6.84. The van der Waals surface area contributed by atoms with Gasteiger partial charge in [-0.25, -0.2) is 0 Å². The first-order chi connectivity index (χ1) is 9.10. The van der Waals surface area contributed by atoms with Crippen molar-refractivity contribution < 1.29 is 15.0 Å². The third-order valence-electron chi connectivity index (χ3n) is 3.85. The van der Waals surface area contributed by atoms with Gasteiger partial charge >= 0.3 is 0 Å². The van der Waals surface area contributed by atoms with Gasteiger partial charge in [0.15, 0.2) is 0 Å². The Kier molecular flexibility index (Phi) is 4.43. The molecule has 1 saturated carbocycles. The van der Waals surface area contributed by atoms with E-state index >= 15 is 0 Å². The quantitative estimate of drug-likeness (QED) is 0.755. The van der Waals surface area contributed by atoms with Crippen LogP contribution in [0.4, 0.5) is 0 Å². The second-order valence-corrected chi connectivity index (χ2v) is 5.27. The number of aliphatic hydroxyl groups is 1. The van der Waals surface area contributed by atoms with Crippen molar-refractivity contribution >= 4 is 5.91 Å². The van der Waals surface area contributed by atoms with Crippen molar-refractivity contribution in [2.75, 3.05) is 0 Å². The molecule has 2 rings (SSSR count). The molecule has 0 saturated heterocycles. The van der Waals surface area contributed by atoms with Crippen LogP contribution in [0.5, 0.6) is 5.75 Å². The fraction of sp³-hybridized carbons (Fsp3) is 0.533. The number of rotatable bonds is 5. The van der Waals surface area contributed by atoms with Crippen LogP contribution in [-0.4, -0.2) is 28.3 Å². The molecule has 0 aromatic heterocycles. The van der Waals surface area contributed by atoms with E-state index in [-0.39, 0.29) is 30.2 Å². The van der Waals surface area contributed by atoms with Gasteiger partial charge in [-0.2, -0.15) is 0 Å². The smallest absolute Gasteiger partial charge is 0.224 e. The van der Waals surface area contributed by atoms with E-state index < -0.39 is 0 Å². The molecular weight excluding hydrogens is 242 g/mol. The highest BCUT2D eigenvalue weighted by Crippen LogP contribution is 2.31. The molecule has 0 bridgehead atoms. The zero-order valence-electron chi connectivity index (χ0n) is 11.2. The summed E-state index contributed by atoms with van der Waals surface area (Å²) >= 11 is 0. The summed E-state index contributed by atoms with van der Waals surface area (Å²) < 4.78 is 0. The third kappa shape index (κ3) is 3.47. The lowest BCUT2D eigenvalue weighted by Crippen LogP contribution is -2.47. The highest BCUT2D eigenvalue weighted by atomic mass is 16.3. The number of phenolic OH excluding ortho intramolecular Hbond substituents is 1. The van der Waals surface area contributed by atoms with Crippen molar-refractivity contribution in [2.45, 2.75) is 44.8 Å². The lowest BCUT2D eigenvalue weighted by molar-refractivity contribution is -0.122. The number of carbonyl (C=O) groups is 1. The molecule has 0 radical (unpaired) electrons. The highest BCUT2D eigenvalue weighted by molar-refractivity contribution is 5.79. The van der Waals surface area contributed by atoms with Crippen LogP contribution in [0, 0.1) is 5.92 Å². The van der Waals surface area contributed by atoms with Gasteiger partial charge in [-0.05, 0) is 31.2 Å². The molecule has 1 aliphatic rings. The monoisotopic (exact) mass is 263 g/mol. The van der Waals surface area contributed by atoms with Crippen LogP contribution in [-0.2, 0) is 11.2 Å². The average molecular weight is 263 g/mol. The van der Waals surface area contributed by atoms with Crippen LogP contribution in [0.25, 0.3) is 0 Å². The van der Waals surface area contributed by atoms with Gasteiger partial charge in [0, 0.05) is 11.6 Å². The summed E-state index contributed by atoms with van der Waals surface area (Å²) in [5.41, 5.74) is 0.642. The van der Waals surface area contributed by atoms with E-state index in [4.69, 9.17) is 0 Å². The van der Waals surface area contributed by atoms with Gasteiger partial charge in [0.25, 0.3) is 0 Å². The van der Waals surface area contributed by atoms with Crippen molar-refractivity contribution in [3.05, 3.63) is 29.8 Å². The largest absolute Gasteiger partial charge is 0.508 e. The summed E-state index contributed by atoms with van der Waals surface area (Å²) in [6, 6.07) is 7.01. The SMILES string of the molecule is CC[C@H](NC(=O)Cc1ccccc1O)C1CC(O)C1. The number of aliphatic hydroxyl groups excluding tert-OH is 1. The number of aromatic hydroxyl groups is 1. The Morgan fingerprint density at radius 2 is 2.11 bits per heavy atom. The van der Waals surface area contributed by atoms with Gasteiger partial charge in [0.2, 0.25) is 5.91 Å². The van der Waals surface area contributed by atoms with Gasteiger partial charge in [-0.15, -0.1) is 0 Å². The zero-order chi connectivity index (χ0) is 13.8. The predicted octanol–water partition coefficient (Wildman–Crippen LogP) is 1.60. The Hall–Kier alpha value is -1.55. The van der Waals surface area contributed by atoms with E-state index in [1.165, 1.54) is 0 Å². The molecular formula is C15H21NO3. The van der Waals surface area contributed by atoms with Crippen molar-refractivity contribution in [1.82, 2.24) is 5.32 Å². The van der Waals surface area contributed by atoms with Gasteiger partial charge in [0.05, 0.1) is 12.5 Å². The van der Waals surface area contributed by atoms with E-state index in [0.717, 1.165) is 19.3 Å². The van der Waals surface area contributed by atoms with E-state index in [0.29, 0.717) is 11.5 Å². The maximum absolute atomic E-state index is 12.0. The van der Waals surface area contributed by atoms with Crippen LogP contribution < -0.4 is 5.32 Å². The van der Waals surface area contributed by atoms with E-state index in [1.807, 2.05) is 13.0 Å². The Morgan fingerprint density at radius 3 is 2.68 bits per heavy atom. The number of hydrogen-bond donors (Lipinski definition) is 3. The molecule has 104 valence electrons. The van der Waals surface area contributed by atoms with Gasteiger partial charge in [-0.1, -0.05) is 25.1 Å². The number of hydrogen-bond acceptors (Lipinski definition) is 3. The number of nitrogens with one attached hydrogen (secondary N) is 1. The number of para-hydroxylation sites is 1. The Balaban J connectivity index is 1.88. The lowest BCUT2D eigenvalue weighted by Gasteiger charge is -2.37. The summed E-state index contributed by atoms with van der Waals surface area (Å²) in [6.07, 6.45) is 2.40. The van der Waals surface area contributed by atoms with E-state index in [1.54, 1.807) is 18.2 Å². The van der Waals surface area contributed by atoms with Crippen molar-refractivity contribution in [1.29, 1.82) is 0 Å². The van der Waals surface area contributed by atoms with E-state index in [2.05, 4.69) is 5.32 Å². The highest BCUT2D eigenvalue weighted by Gasteiger charge is 2.33. The van der Waals surface area contributed by atoms with Crippen LogP contribution in [0.2, 0.25) is 0 Å². The normalized spacial score (nSPS) is 23.5. The second-order valence-electron chi connectivity index (χ2n) is 5.27. The number of carbonyl (C=O) groups excluding carboxylic acids is 1. The Morgan fingerprint density at radius 1 is 1.42 bits per heavy atom. The molecule has 0 spiro atoms. The molecule has 1 fully saturated rings. The van der Waals surface area contributed by atoms with Gasteiger partial charge in [0.1, 0.15) is 5.75 Å². The van der Waals surface area contributed by atoms with Crippen LogP contribution >= 0.6 is 0 Å². The molecule has 0 aliphatic heterocycles. The number of phenols is 1. The maximum atomic E-state index is 12.0. The molecule has 19 heavy (non-hydrogen) atoms.